The molecule has 0 aliphatic rings. The number of aromatic nitrogens is 1. The second-order valence-corrected chi connectivity index (χ2v) is 5.13. The first-order valence-corrected chi connectivity index (χ1v) is 7.60. The predicted octanol–water partition coefficient (Wildman–Crippen LogP) is 3.72. The van der Waals surface area contributed by atoms with Crippen LogP contribution in [0.1, 0.15) is 16.2 Å². The third-order valence-corrected chi connectivity index (χ3v) is 3.57. The zero-order valence-corrected chi connectivity index (χ0v) is 13.9. The third kappa shape index (κ3) is 3.80. The lowest BCUT2D eigenvalue weighted by Gasteiger charge is -2.09. The van der Waals surface area contributed by atoms with Gasteiger partial charge in [-0.15, -0.1) is 0 Å². The Morgan fingerprint density at radius 2 is 1.88 bits per heavy atom. The second-order valence-electron chi connectivity index (χ2n) is 5.13. The van der Waals surface area contributed by atoms with Crippen molar-refractivity contribution in [1.82, 2.24) is 4.98 Å². The van der Waals surface area contributed by atoms with E-state index in [0.29, 0.717) is 28.7 Å². The summed E-state index contributed by atoms with van der Waals surface area (Å²) in [5, 5.41) is 0. The Morgan fingerprint density at radius 3 is 2.60 bits per heavy atom. The van der Waals surface area contributed by atoms with Gasteiger partial charge in [-0.3, -0.25) is 0 Å². The lowest BCUT2D eigenvalue weighted by atomic mass is 10.2. The average Bonchev–Trinajstić information content (AvgIpc) is 3.15. The summed E-state index contributed by atoms with van der Waals surface area (Å²) in [5.74, 6) is 1.38. The topological polar surface area (TPSA) is 70.8 Å². The van der Waals surface area contributed by atoms with Gasteiger partial charge in [0.1, 0.15) is 17.1 Å². The van der Waals surface area contributed by atoms with Crippen molar-refractivity contribution < 1.29 is 23.4 Å². The Kier molecular flexibility index (Phi) is 4.99. The van der Waals surface area contributed by atoms with E-state index in [1.54, 1.807) is 31.5 Å². The number of carbonyl (C=O) groups excluding carboxylic acids is 1. The molecule has 0 radical (unpaired) electrons. The van der Waals surface area contributed by atoms with E-state index >= 15 is 0 Å². The zero-order valence-electron chi connectivity index (χ0n) is 13.9. The van der Waals surface area contributed by atoms with Crippen molar-refractivity contribution in [1.29, 1.82) is 0 Å². The summed E-state index contributed by atoms with van der Waals surface area (Å²) < 4.78 is 21.2. The van der Waals surface area contributed by atoms with Gasteiger partial charge >= 0.3 is 5.97 Å². The van der Waals surface area contributed by atoms with E-state index < -0.39 is 5.97 Å². The molecule has 0 N–H and O–H groups in total. The van der Waals surface area contributed by atoms with Gasteiger partial charge in [-0.2, -0.15) is 0 Å². The minimum atomic E-state index is -0.529. The van der Waals surface area contributed by atoms with Crippen LogP contribution in [0.3, 0.4) is 0 Å². The zero-order chi connectivity index (χ0) is 17.6. The van der Waals surface area contributed by atoms with Gasteiger partial charge in [-0.25, -0.2) is 9.78 Å². The lowest BCUT2D eigenvalue weighted by molar-refractivity contribution is 0.0435. The van der Waals surface area contributed by atoms with Gasteiger partial charge in [0.05, 0.1) is 20.4 Å². The van der Waals surface area contributed by atoms with Gasteiger partial charge in [-0.05, 0) is 12.1 Å². The van der Waals surface area contributed by atoms with Gasteiger partial charge in [0, 0.05) is 11.6 Å². The summed E-state index contributed by atoms with van der Waals surface area (Å²) in [7, 11) is 3.02. The molecule has 0 spiro atoms. The smallest absolute Gasteiger partial charge is 0.342 e. The molecule has 0 unspecified atom stereocenters. The average molecular weight is 339 g/mol. The number of ether oxygens (including phenoxy) is 3. The van der Waals surface area contributed by atoms with Gasteiger partial charge in [0.15, 0.2) is 12.4 Å². The molecule has 1 aromatic heterocycles. The Labute approximate surface area is 145 Å². The molecular formula is C19H17NO5. The van der Waals surface area contributed by atoms with Gasteiger partial charge in [0.25, 0.3) is 0 Å². The highest BCUT2D eigenvalue weighted by atomic mass is 16.5. The van der Waals surface area contributed by atoms with Crippen molar-refractivity contribution in [3.05, 3.63) is 66.2 Å². The van der Waals surface area contributed by atoms with E-state index in [9.17, 15) is 4.79 Å². The molecular weight excluding hydrogens is 322 g/mol. The highest BCUT2D eigenvalue weighted by molar-refractivity contribution is 5.92. The van der Waals surface area contributed by atoms with E-state index in [1.165, 1.54) is 7.11 Å². The molecule has 25 heavy (non-hydrogen) atoms. The summed E-state index contributed by atoms with van der Waals surface area (Å²) >= 11 is 0. The lowest BCUT2D eigenvalue weighted by Crippen LogP contribution is -2.07. The van der Waals surface area contributed by atoms with Crippen LogP contribution in [0.5, 0.6) is 11.5 Å². The summed E-state index contributed by atoms with van der Waals surface area (Å²) in [6.45, 7) is -0.0686. The van der Waals surface area contributed by atoms with Crippen molar-refractivity contribution in [2.24, 2.45) is 0 Å². The van der Waals surface area contributed by atoms with Crippen LogP contribution in [-0.2, 0) is 11.3 Å². The summed E-state index contributed by atoms with van der Waals surface area (Å²) in [4.78, 5) is 16.4. The van der Waals surface area contributed by atoms with E-state index in [0.717, 1.165) is 5.56 Å². The number of carbonyl (C=O) groups is 1. The first-order valence-electron chi connectivity index (χ1n) is 7.60. The van der Waals surface area contributed by atoms with Crippen LogP contribution in [0.2, 0.25) is 0 Å². The molecule has 128 valence electrons. The molecule has 6 nitrogen and oxygen atoms in total. The molecule has 6 heteroatoms. The highest BCUT2D eigenvalue weighted by Gasteiger charge is 2.16. The number of oxazole rings is 1. The fraction of sp³-hybridized carbons (Fsp3) is 0.158. The van der Waals surface area contributed by atoms with Crippen LogP contribution >= 0.6 is 0 Å². The van der Waals surface area contributed by atoms with Crippen LogP contribution in [0.25, 0.3) is 11.3 Å². The fourth-order valence-corrected chi connectivity index (χ4v) is 2.29. The monoisotopic (exact) mass is 339 g/mol. The Morgan fingerprint density at radius 1 is 1.08 bits per heavy atom. The molecule has 0 atom stereocenters. The van der Waals surface area contributed by atoms with E-state index in [2.05, 4.69) is 4.98 Å². The van der Waals surface area contributed by atoms with E-state index in [-0.39, 0.29) is 6.61 Å². The molecule has 3 rings (SSSR count). The molecule has 0 saturated carbocycles. The van der Waals surface area contributed by atoms with E-state index in [4.69, 9.17) is 18.6 Å². The van der Waals surface area contributed by atoms with Crippen molar-refractivity contribution >= 4 is 5.97 Å². The molecule has 0 aliphatic heterocycles. The first-order chi connectivity index (χ1) is 12.2. The Bertz CT molecular complexity index is 857. The number of benzene rings is 2. The largest absolute Gasteiger partial charge is 0.497 e. The second kappa shape index (κ2) is 7.53. The molecule has 3 aromatic rings. The van der Waals surface area contributed by atoms with Crippen LogP contribution in [0.15, 0.2) is 59.1 Å². The number of rotatable bonds is 6. The SMILES string of the molecule is COc1ccc(C(=O)OCc2ncc(-c3ccccc3)o2)c(OC)c1. The number of hydrogen-bond acceptors (Lipinski definition) is 6. The quantitative estimate of drug-likeness (QED) is 0.638. The Hall–Kier alpha value is -3.28. The molecule has 2 aromatic carbocycles. The maximum atomic E-state index is 12.3. The normalized spacial score (nSPS) is 10.3. The summed E-state index contributed by atoms with van der Waals surface area (Å²) in [6.07, 6.45) is 1.60. The van der Waals surface area contributed by atoms with Crippen molar-refractivity contribution in [3.63, 3.8) is 0 Å². The standard InChI is InChI=1S/C19H17NO5/c1-22-14-8-9-15(16(10-14)23-2)19(21)24-12-18-20-11-17(25-18)13-6-4-3-5-7-13/h3-11H,12H2,1-2H3. The van der Waals surface area contributed by atoms with Crippen LogP contribution in [0, 0.1) is 0 Å². The number of nitrogens with zero attached hydrogens (tertiary/aromatic N) is 1. The molecule has 0 aliphatic carbocycles. The molecule has 0 fully saturated rings. The highest BCUT2D eigenvalue weighted by Crippen LogP contribution is 2.26. The van der Waals surface area contributed by atoms with Gasteiger partial charge in [-0.1, -0.05) is 30.3 Å². The van der Waals surface area contributed by atoms with Crippen molar-refractivity contribution in [2.75, 3.05) is 14.2 Å². The minimum Gasteiger partial charge on any atom is -0.497 e. The molecule has 0 bridgehead atoms. The molecule has 1 heterocycles. The number of hydrogen-bond donors (Lipinski definition) is 0. The molecule has 0 saturated heterocycles. The first kappa shape index (κ1) is 16.6. The third-order valence-electron chi connectivity index (χ3n) is 3.57. The van der Waals surface area contributed by atoms with E-state index in [1.807, 2.05) is 30.3 Å². The molecule has 0 amide bonds. The number of esters is 1. The minimum absolute atomic E-state index is 0.0686. The maximum Gasteiger partial charge on any atom is 0.342 e. The van der Waals surface area contributed by atoms with Gasteiger partial charge < -0.3 is 18.6 Å². The van der Waals surface area contributed by atoms with Crippen LogP contribution < -0.4 is 9.47 Å². The number of methoxy groups -OCH3 is 2. The Balaban J connectivity index is 1.68. The predicted molar refractivity (Wildman–Crippen MR) is 90.6 cm³/mol. The summed E-state index contributed by atoms with van der Waals surface area (Å²) in [6, 6.07) is 14.4. The summed E-state index contributed by atoms with van der Waals surface area (Å²) in [5.41, 5.74) is 1.21. The van der Waals surface area contributed by atoms with Crippen LogP contribution in [0.4, 0.5) is 0 Å². The van der Waals surface area contributed by atoms with Crippen molar-refractivity contribution in [2.45, 2.75) is 6.61 Å². The van der Waals surface area contributed by atoms with Crippen LogP contribution in [-0.4, -0.2) is 25.2 Å². The maximum absolute atomic E-state index is 12.3. The van der Waals surface area contributed by atoms with Gasteiger partial charge in [0.2, 0.25) is 5.89 Å². The van der Waals surface area contributed by atoms with Crippen molar-refractivity contribution in [3.8, 4) is 22.8 Å². The fourth-order valence-electron chi connectivity index (χ4n) is 2.29.